The van der Waals surface area contributed by atoms with Gasteiger partial charge in [0.25, 0.3) is 0 Å². The number of hydrogen-bond acceptors (Lipinski definition) is 5. The number of hydroxylamine groups is 1. The molecule has 0 aliphatic carbocycles. The molecule has 0 radical (unpaired) electrons. The molecule has 1 atom stereocenters. The van der Waals surface area contributed by atoms with Crippen LogP contribution < -0.4 is 10.2 Å². The van der Waals surface area contributed by atoms with E-state index < -0.39 is 5.67 Å². The lowest BCUT2D eigenvalue weighted by Crippen LogP contribution is -2.42. The number of aromatic hydroxyl groups is 1. The summed E-state index contributed by atoms with van der Waals surface area (Å²) >= 11 is 0. The van der Waals surface area contributed by atoms with Crippen LogP contribution in [0.15, 0.2) is 42.5 Å². The van der Waals surface area contributed by atoms with Crippen LogP contribution in [0, 0.1) is 0 Å². The second-order valence-corrected chi connectivity index (χ2v) is 8.99. The third-order valence-corrected chi connectivity index (χ3v) is 5.67. The van der Waals surface area contributed by atoms with E-state index in [4.69, 9.17) is 9.94 Å². The third-order valence-electron chi connectivity index (χ3n) is 5.67. The average Bonchev–Trinajstić information content (AvgIpc) is 2.75. The number of carbonyl (C=O) groups excluding carboxylic acids is 1. The monoisotopic (exact) mass is 444 g/mol. The molecule has 2 aromatic carbocycles. The Balaban J connectivity index is 1.66. The smallest absolute Gasteiger partial charge is 0.243 e. The number of phenolic OH excluding ortho intramolecular Hbond substituents is 1. The van der Waals surface area contributed by atoms with Crippen LogP contribution in [0.4, 0.5) is 4.39 Å². The number of fused-ring (bicyclic) bond motifs is 1. The van der Waals surface area contributed by atoms with Gasteiger partial charge in [0.2, 0.25) is 5.91 Å². The lowest BCUT2D eigenvalue weighted by molar-refractivity contribution is -0.129. The summed E-state index contributed by atoms with van der Waals surface area (Å²) in [5, 5.41) is 18.4. The maximum atomic E-state index is 14.5. The third kappa shape index (κ3) is 6.68. The zero-order valence-corrected chi connectivity index (χ0v) is 18.8. The van der Waals surface area contributed by atoms with Crippen molar-refractivity contribution in [3.05, 3.63) is 59.2 Å². The Hall–Kier alpha value is -2.64. The first kappa shape index (κ1) is 24.0. The topological polar surface area (TPSA) is 82.0 Å². The van der Waals surface area contributed by atoms with E-state index in [2.05, 4.69) is 4.90 Å². The highest BCUT2D eigenvalue weighted by molar-refractivity contribution is 5.74. The normalized spacial score (nSPS) is 16.4. The Morgan fingerprint density at radius 1 is 1.19 bits per heavy atom. The first-order chi connectivity index (χ1) is 15.3. The maximum absolute atomic E-state index is 14.5. The number of amides is 1. The van der Waals surface area contributed by atoms with Gasteiger partial charge in [0.15, 0.2) is 0 Å². The minimum Gasteiger partial charge on any atom is -0.508 e. The summed E-state index contributed by atoms with van der Waals surface area (Å²) in [6, 6.07) is 13.3. The van der Waals surface area contributed by atoms with Gasteiger partial charge in [0, 0.05) is 19.5 Å². The van der Waals surface area contributed by atoms with E-state index in [1.54, 1.807) is 25.4 Å². The number of hydrogen-bond donors (Lipinski definition) is 3. The maximum Gasteiger partial charge on any atom is 0.243 e. The number of carbonyl (C=O) groups is 1. The second-order valence-electron chi connectivity index (χ2n) is 8.99. The first-order valence-electron chi connectivity index (χ1n) is 11.2. The second kappa shape index (κ2) is 10.8. The standard InChI is InChI=1S/C25H33FN2O4/c1-25(2,26)17-28-14-13-19-16-20(29)9-12-22(19)24(28)18-7-10-21(11-8-18)32-15-5-3-4-6-23(30)27-31/h7-12,16,24,29,31H,3-6,13-15,17H2,1-2H3,(H,27,30). The van der Waals surface area contributed by atoms with Crippen LogP contribution in [-0.2, 0) is 11.2 Å². The van der Waals surface area contributed by atoms with Gasteiger partial charge in [0.05, 0.1) is 12.6 Å². The molecule has 7 heteroatoms. The highest BCUT2D eigenvalue weighted by atomic mass is 19.1. The van der Waals surface area contributed by atoms with Crippen molar-refractivity contribution in [1.29, 1.82) is 0 Å². The van der Waals surface area contributed by atoms with E-state index in [1.165, 1.54) is 0 Å². The highest BCUT2D eigenvalue weighted by Crippen LogP contribution is 2.38. The van der Waals surface area contributed by atoms with Crippen LogP contribution >= 0.6 is 0 Å². The van der Waals surface area contributed by atoms with Crippen molar-refractivity contribution in [3.8, 4) is 11.5 Å². The summed E-state index contributed by atoms with van der Waals surface area (Å²) < 4.78 is 20.3. The van der Waals surface area contributed by atoms with Gasteiger partial charge in [-0.2, -0.15) is 0 Å². The molecule has 1 amide bonds. The minimum absolute atomic E-state index is 0.0823. The number of phenols is 1. The van der Waals surface area contributed by atoms with E-state index in [1.807, 2.05) is 36.4 Å². The first-order valence-corrected chi connectivity index (χ1v) is 11.2. The molecule has 1 aliphatic heterocycles. The zero-order valence-electron chi connectivity index (χ0n) is 18.8. The van der Waals surface area contributed by atoms with Gasteiger partial charge in [-0.3, -0.25) is 14.9 Å². The Morgan fingerprint density at radius 3 is 2.62 bits per heavy atom. The van der Waals surface area contributed by atoms with Gasteiger partial charge < -0.3 is 9.84 Å². The van der Waals surface area contributed by atoms with Crippen LogP contribution in [-0.4, -0.2) is 46.5 Å². The SMILES string of the molecule is CC(C)(F)CN1CCc2cc(O)ccc2C1c1ccc(OCCCCCC(=O)NO)cc1. The van der Waals surface area contributed by atoms with E-state index in [9.17, 15) is 14.3 Å². The van der Waals surface area contributed by atoms with Gasteiger partial charge in [-0.25, -0.2) is 9.87 Å². The van der Waals surface area contributed by atoms with E-state index in [0.717, 1.165) is 48.2 Å². The molecule has 1 unspecified atom stereocenters. The van der Waals surface area contributed by atoms with Gasteiger partial charge >= 0.3 is 0 Å². The molecule has 3 rings (SSSR count). The fourth-order valence-corrected chi connectivity index (χ4v) is 4.27. The molecular weight excluding hydrogens is 411 g/mol. The highest BCUT2D eigenvalue weighted by Gasteiger charge is 2.32. The minimum atomic E-state index is -1.31. The van der Waals surface area contributed by atoms with Crippen molar-refractivity contribution < 1.29 is 24.2 Å². The molecule has 0 saturated carbocycles. The summed E-state index contributed by atoms with van der Waals surface area (Å²) in [7, 11) is 0. The summed E-state index contributed by atoms with van der Waals surface area (Å²) in [6.45, 7) is 4.80. The predicted octanol–water partition coefficient (Wildman–Crippen LogP) is 4.53. The molecule has 3 N–H and O–H groups in total. The number of ether oxygens (including phenoxy) is 1. The molecule has 32 heavy (non-hydrogen) atoms. The number of nitrogens with one attached hydrogen (secondary N) is 1. The molecule has 174 valence electrons. The van der Waals surface area contributed by atoms with Crippen molar-refractivity contribution in [2.45, 2.75) is 57.7 Å². The van der Waals surface area contributed by atoms with E-state index in [0.29, 0.717) is 26.0 Å². The lowest BCUT2D eigenvalue weighted by atomic mass is 9.87. The van der Waals surface area contributed by atoms with E-state index >= 15 is 0 Å². The van der Waals surface area contributed by atoms with Crippen LogP contribution in [0.1, 0.15) is 62.3 Å². The largest absolute Gasteiger partial charge is 0.508 e. The van der Waals surface area contributed by atoms with Gasteiger partial charge in [-0.15, -0.1) is 0 Å². The quantitative estimate of drug-likeness (QED) is 0.285. The summed E-state index contributed by atoms with van der Waals surface area (Å²) in [5.74, 6) is 0.648. The van der Waals surface area contributed by atoms with Crippen LogP contribution in [0.2, 0.25) is 0 Å². The summed E-state index contributed by atoms with van der Waals surface area (Å²) in [6.07, 6.45) is 3.44. The number of nitrogens with zero attached hydrogens (tertiary/aromatic N) is 1. The number of alkyl halides is 1. The number of benzene rings is 2. The molecule has 0 aromatic heterocycles. The molecule has 1 aliphatic rings. The summed E-state index contributed by atoms with van der Waals surface area (Å²) in [4.78, 5) is 13.2. The van der Waals surface area contributed by atoms with Crippen molar-refractivity contribution >= 4 is 5.91 Å². The number of unbranched alkanes of at least 4 members (excludes halogenated alkanes) is 2. The molecule has 0 bridgehead atoms. The Kier molecular flexibility index (Phi) is 8.10. The molecule has 1 heterocycles. The van der Waals surface area contributed by atoms with Crippen molar-refractivity contribution in [2.24, 2.45) is 0 Å². The van der Waals surface area contributed by atoms with Gasteiger partial charge in [-0.05, 0) is 80.5 Å². The fraction of sp³-hybridized carbons (Fsp3) is 0.480. The number of rotatable bonds is 10. The van der Waals surface area contributed by atoms with E-state index in [-0.39, 0.29) is 17.7 Å². The van der Waals surface area contributed by atoms with Gasteiger partial charge in [-0.1, -0.05) is 18.2 Å². The molecule has 0 saturated heterocycles. The number of halogens is 1. The fourth-order valence-electron chi connectivity index (χ4n) is 4.27. The molecule has 6 nitrogen and oxygen atoms in total. The molecule has 0 fully saturated rings. The zero-order chi connectivity index (χ0) is 23.1. The van der Waals surface area contributed by atoms with Crippen molar-refractivity contribution in [2.75, 3.05) is 19.7 Å². The molecule has 2 aromatic rings. The van der Waals surface area contributed by atoms with Gasteiger partial charge in [0.1, 0.15) is 17.2 Å². The van der Waals surface area contributed by atoms with Crippen LogP contribution in [0.5, 0.6) is 11.5 Å². The average molecular weight is 445 g/mol. The van der Waals surface area contributed by atoms with Crippen molar-refractivity contribution in [1.82, 2.24) is 10.4 Å². The molecule has 0 spiro atoms. The summed E-state index contributed by atoms with van der Waals surface area (Å²) in [5.41, 5.74) is 3.57. The molecular formula is C25H33FN2O4. The van der Waals surface area contributed by atoms with Crippen LogP contribution in [0.25, 0.3) is 0 Å². The van der Waals surface area contributed by atoms with Crippen LogP contribution in [0.3, 0.4) is 0 Å². The lowest BCUT2D eigenvalue weighted by Gasteiger charge is -2.40. The Labute approximate surface area is 189 Å². The Morgan fingerprint density at radius 2 is 1.94 bits per heavy atom. The Bertz CT molecular complexity index is 896. The predicted molar refractivity (Wildman–Crippen MR) is 121 cm³/mol. The van der Waals surface area contributed by atoms with Crippen molar-refractivity contribution in [3.63, 3.8) is 0 Å².